The zero-order chi connectivity index (χ0) is 16.9. The second kappa shape index (κ2) is 6.91. The average molecular weight is 324 g/mol. The standard InChI is InChI=1S/C17H16N4O3/c1-24-16-8-11(6-7-18-16)10-19-15(22)9-14-12-4-2-3-5-13(12)17(23)21-20-14/h2-8H,9-10H2,1H3,(H,19,22)(H,21,23). The number of fused-ring (bicyclic) bond motifs is 1. The highest BCUT2D eigenvalue weighted by Crippen LogP contribution is 2.13. The maximum Gasteiger partial charge on any atom is 0.272 e. The van der Waals surface area contributed by atoms with Crippen molar-refractivity contribution in [2.45, 2.75) is 13.0 Å². The first kappa shape index (κ1) is 15.7. The third-order valence-corrected chi connectivity index (χ3v) is 3.60. The van der Waals surface area contributed by atoms with Gasteiger partial charge in [-0.05, 0) is 17.7 Å². The number of amides is 1. The average Bonchev–Trinajstić information content (AvgIpc) is 2.63. The summed E-state index contributed by atoms with van der Waals surface area (Å²) in [6.45, 7) is 0.360. The molecule has 0 aliphatic heterocycles. The Labute approximate surface area is 137 Å². The minimum Gasteiger partial charge on any atom is -0.481 e. The molecule has 1 aromatic carbocycles. The molecule has 0 bridgehead atoms. The normalized spacial score (nSPS) is 10.5. The van der Waals surface area contributed by atoms with Gasteiger partial charge < -0.3 is 10.1 Å². The number of aromatic nitrogens is 3. The van der Waals surface area contributed by atoms with Crippen molar-refractivity contribution in [1.82, 2.24) is 20.5 Å². The topological polar surface area (TPSA) is 97.0 Å². The van der Waals surface area contributed by atoms with Crippen LogP contribution in [0.5, 0.6) is 5.88 Å². The first-order valence-electron chi connectivity index (χ1n) is 7.39. The lowest BCUT2D eigenvalue weighted by atomic mass is 10.1. The van der Waals surface area contributed by atoms with Gasteiger partial charge in [0.15, 0.2) is 0 Å². The number of hydrogen-bond donors (Lipinski definition) is 2. The first-order chi connectivity index (χ1) is 11.7. The van der Waals surface area contributed by atoms with E-state index in [1.54, 1.807) is 36.5 Å². The molecule has 0 aliphatic carbocycles. The van der Waals surface area contributed by atoms with Crippen molar-refractivity contribution in [2.75, 3.05) is 7.11 Å². The lowest BCUT2D eigenvalue weighted by Crippen LogP contribution is -2.26. The van der Waals surface area contributed by atoms with Crippen molar-refractivity contribution in [3.05, 3.63) is 64.2 Å². The van der Waals surface area contributed by atoms with E-state index in [9.17, 15) is 9.59 Å². The predicted octanol–water partition coefficient (Wildman–Crippen LogP) is 1.19. The fraction of sp³-hybridized carbons (Fsp3) is 0.176. The van der Waals surface area contributed by atoms with Crippen LogP contribution in [0.25, 0.3) is 10.8 Å². The van der Waals surface area contributed by atoms with E-state index in [2.05, 4.69) is 20.5 Å². The fourth-order valence-corrected chi connectivity index (χ4v) is 2.39. The minimum absolute atomic E-state index is 0.0828. The molecule has 0 radical (unpaired) electrons. The van der Waals surface area contributed by atoms with Crippen molar-refractivity contribution < 1.29 is 9.53 Å². The van der Waals surface area contributed by atoms with Gasteiger partial charge in [0.05, 0.1) is 24.6 Å². The van der Waals surface area contributed by atoms with Gasteiger partial charge in [-0.25, -0.2) is 10.1 Å². The molecule has 0 saturated heterocycles. The summed E-state index contributed by atoms with van der Waals surface area (Å²) in [5.41, 5.74) is 1.16. The molecule has 24 heavy (non-hydrogen) atoms. The molecule has 2 N–H and O–H groups in total. The first-order valence-corrected chi connectivity index (χ1v) is 7.39. The lowest BCUT2D eigenvalue weighted by molar-refractivity contribution is -0.120. The Bertz CT molecular complexity index is 936. The van der Waals surface area contributed by atoms with E-state index >= 15 is 0 Å². The Kier molecular flexibility index (Phi) is 4.51. The lowest BCUT2D eigenvalue weighted by Gasteiger charge is -2.07. The highest BCUT2D eigenvalue weighted by Gasteiger charge is 2.10. The molecular weight excluding hydrogens is 308 g/mol. The number of pyridine rings is 1. The van der Waals surface area contributed by atoms with Crippen LogP contribution in [-0.2, 0) is 17.8 Å². The van der Waals surface area contributed by atoms with Crippen LogP contribution in [-0.4, -0.2) is 28.2 Å². The quantitative estimate of drug-likeness (QED) is 0.735. The van der Waals surface area contributed by atoms with Gasteiger partial charge in [-0.2, -0.15) is 5.10 Å². The summed E-state index contributed by atoms with van der Waals surface area (Å²) in [6.07, 6.45) is 1.71. The van der Waals surface area contributed by atoms with Crippen molar-refractivity contribution in [3.8, 4) is 5.88 Å². The summed E-state index contributed by atoms with van der Waals surface area (Å²) in [6, 6.07) is 10.6. The monoisotopic (exact) mass is 324 g/mol. The Balaban J connectivity index is 1.71. The van der Waals surface area contributed by atoms with E-state index in [1.807, 2.05) is 6.07 Å². The number of carbonyl (C=O) groups is 1. The van der Waals surface area contributed by atoms with Gasteiger partial charge in [-0.3, -0.25) is 9.59 Å². The van der Waals surface area contributed by atoms with Crippen LogP contribution in [0.1, 0.15) is 11.3 Å². The third-order valence-electron chi connectivity index (χ3n) is 3.60. The molecule has 2 heterocycles. The van der Waals surface area contributed by atoms with Crippen LogP contribution in [0, 0.1) is 0 Å². The number of ether oxygens (including phenoxy) is 1. The second-order valence-electron chi connectivity index (χ2n) is 5.20. The number of rotatable bonds is 5. The number of nitrogens with zero attached hydrogens (tertiary/aromatic N) is 2. The Morgan fingerprint density at radius 3 is 2.83 bits per heavy atom. The van der Waals surface area contributed by atoms with E-state index < -0.39 is 0 Å². The van der Waals surface area contributed by atoms with Gasteiger partial charge in [0.2, 0.25) is 11.8 Å². The summed E-state index contributed by atoms with van der Waals surface area (Å²) in [4.78, 5) is 27.9. The van der Waals surface area contributed by atoms with Gasteiger partial charge in [0.25, 0.3) is 5.56 Å². The third kappa shape index (κ3) is 3.40. The maximum atomic E-state index is 12.2. The number of carbonyl (C=O) groups excluding carboxylic acids is 1. The Morgan fingerprint density at radius 1 is 1.25 bits per heavy atom. The molecule has 3 rings (SSSR count). The molecular formula is C17H16N4O3. The fourth-order valence-electron chi connectivity index (χ4n) is 2.39. The van der Waals surface area contributed by atoms with Gasteiger partial charge >= 0.3 is 0 Å². The largest absolute Gasteiger partial charge is 0.481 e. The molecule has 3 aromatic rings. The Morgan fingerprint density at radius 2 is 2.04 bits per heavy atom. The second-order valence-corrected chi connectivity index (χ2v) is 5.20. The molecule has 0 unspecified atom stereocenters. The number of hydrogen-bond acceptors (Lipinski definition) is 5. The van der Waals surface area contributed by atoms with Crippen molar-refractivity contribution in [1.29, 1.82) is 0 Å². The smallest absolute Gasteiger partial charge is 0.272 e. The van der Waals surface area contributed by atoms with Crippen molar-refractivity contribution >= 4 is 16.7 Å². The SMILES string of the molecule is COc1cc(CNC(=O)Cc2n[nH]c(=O)c3ccccc23)ccn1. The summed E-state index contributed by atoms with van der Waals surface area (Å²) >= 11 is 0. The number of benzene rings is 1. The number of aromatic amines is 1. The zero-order valence-electron chi connectivity index (χ0n) is 13.1. The molecule has 7 heteroatoms. The summed E-state index contributed by atoms with van der Waals surface area (Å²) in [5, 5.41) is 10.5. The van der Waals surface area contributed by atoms with Gasteiger partial charge in [-0.15, -0.1) is 0 Å². The molecule has 122 valence electrons. The summed E-state index contributed by atoms with van der Waals surface area (Å²) in [7, 11) is 1.54. The van der Waals surface area contributed by atoms with E-state index in [0.29, 0.717) is 28.9 Å². The number of methoxy groups -OCH3 is 1. The van der Waals surface area contributed by atoms with Gasteiger partial charge in [-0.1, -0.05) is 18.2 Å². The highest BCUT2D eigenvalue weighted by atomic mass is 16.5. The van der Waals surface area contributed by atoms with E-state index in [-0.39, 0.29) is 17.9 Å². The molecule has 0 spiro atoms. The van der Waals surface area contributed by atoms with Gasteiger partial charge in [0, 0.05) is 24.2 Å². The molecule has 0 atom stereocenters. The minimum atomic E-state index is -0.265. The van der Waals surface area contributed by atoms with Gasteiger partial charge in [0.1, 0.15) is 0 Å². The molecule has 7 nitrogen and oxygen atoms in total. The summed E-state index contributed by atoms with van der Waals surface area (Å²) < 4.78 is 5.05. The van der Waals surface area contributed by atoms with Crippen LogP contribution in [0.15, 0.2) is 47.4 Å². The zero-order valence-corrected chi connectivity index (χ0v) is 13.1. The van der Waals surface area contributed by atoms with E-state index in [0.717, 1.165) is 5.56 Å². The van der Waals surface area contributed by atoms with Crippen LogP contribution in [0.3, 0.4) is 0 Å². The van der Waals surface area contributed by atoms with Crippen LogP contribution < -0.4 is 15.6 Å². The highest BCUT2D eigenvalue weighted by molar-refractivity contribution is 5.88. The molecule has 0 fully saturated rings. The molecule has 0 saturated carbocycles. The molecule has 0 aliphatic rings. The van der Waals surface area contributed by atoms with E-state index in [4.69, 9.17) is 4.74 Å². The molecule has 2 aromatic heterocycles. The number of H-pyrrole nitrogens is 1. The maximum absolute atomic E-state index is 12.2. The van der Waals surface area contributed by atoms with Crippen LogP contribution >= 0.6 is 0 Å². The summed E-state index contributed by atoms with van der Waals surface area (Å²) in [5.74, 6) is 0.311. The number of nitrogens with one attached hydrogen (secondary N) is 2. The van der Waals surface area contributed by atoms with Crippen molar-refractivity contribution in [3.63, 3.8) is 0 Å². The predicted molar refractivity (Wildman–Crippen MR) is 88.7 cm³/mol. The van der Waals surface area contributed by atoms with E-state index in [1.165, 1.54) is 7.11 Å². The van der Waals surface area contributed by atoms with Crippen molar-refractivity contribution in [2.24, 2.45) is 0 Å². The Hall–Kier alpha value is -3.22. The van der Waals surface area contributed by atoms with Crippen LogP contribution in [0.2, 0.25) is 0 Å². The molecule has 1 amide bonds. The van der Waals surface area contributed by atoms with Crippen LogP contribution in [0.4, 0.5) is 0 Å².